The number of amides is 2. The van der Waals surface area contributed by atoms with E-state index in [2.05, 4.69) is 22.4 Å². The third-order valence-corrected chi connectivity index (χ3v) is 7.46. The van der Waals surface area contributed by atoms with Gasteiger partial charge in [0, 0.05) is 19.1 Å². The highest BCUT2D eigenvalue weighted by Crippen LogP contribution is 2.29. The molecule has 1 N–H and O–H groups in total. The third kappa shape index (κ3) is 7.08. The Morgan fingerprint density at radius 3 is 2.38 bits per heavy atom. The SMILES string of the molecule is CCCNC(=O)CSc1nnc(SCC(=O)N(CC)C2CCCCC2)s1. The van der Waals surface area contributed by atoms with Crippen molar-refractivity contribution in [3.05, 3.63) is 0 Å². The molecule has 1 fully saturated rings. The molecule has 0 radical (unpaired) electrons. The first kappa shape index (κ1) is 21.5. The van der Waals surface area contributed by atoms with Gasteiger partial charge >= 0.3 is 0 Å². The number of aromatic nitrogens is 2. The molecule has 6 nitrogen and oxygen atoms in total. The Hall–Kier alpha value is -0.800. The molecule has 0 atom stereocenters. The van der Waals surface area contributed by atoms with Crippen molar-refractivity contribution in [3.63, 3.8) is 0 Å². The molecule has 0 aliphatic heterocycles. The largest absolute Gasteiger partial charge is 0.355 e. The average molecular weight is 417 g/mol. The summed E-state index contributed by atoms with van der Waals surface area (Å²) in [4.78, 5) is 26.2. The number of hydrogen-bond acceptors (Lipinski definition) is 7. The van der Waals surface area contributed by atoms with Crippen LogP contribution in [0.3, 0.4) is 0 Å². The van der Waals surface area contributed by atoms with Gasteiger partial charge in [-0.2, -0.15) is 0 Å². The first-order chi connectivity index (χ1) is 12.6. The number of thioether (sulfide) groups is 2. The fourth-order valence-electron chi connectivity index (χ4n) is 2.99. The van der Waals surface area contributed by atoms with Crippen LogP contribution in [0.5, 0.6) is 0 Å². The molecule has 0 spiro atoms. The zero-order valence-corrected chi connectivity index (χ0v) is 18.0. The minimum Gasteiger partial charge on any atom is -0.355 e. The predicted molar refractivity (Wildman–Crippen MR) is 109 cm³/mol. The summed E-state index contributed by atoms with van der Waals surface area (Å²) in [6.45, 7) is 5.55. The molecule has 0 aromatic carbocycles. The van der Waals surface area contributed by atoms with Gasteiger partial charge in [-0.3, -0.25) is 9.59 Å². The van der Waals surface area contributed by atoms with E-state index >= 15 is 0 Å². The average Bonchev–Trinajstić information content (AvgIpc) is 3.12. The lowest BCUT2D eigenvalue weighted by Gasteiger charge is -2.33. The van der Waals surface area contributed by atoms with Gasteiger partial charge in [-0.25, -0.2) is 0 Å². The summed E-state index contributed by atoms with van der Waals surface area (Å²) in [6.07, 6.45) is 6.93. The van der Waals surface area contributed by atoms with Crippen molar-refractivity contribution in [3.8, 4) is 0 Å². The molecule has 1 aliphatic rings. The van der Waals surface area contributed by atoms with Crippen LogP contribution in [0.2, 0.25) is 0 Å². The van der Waals surface area contributed by atoms with Crippen LogP contribution in [0.25, 0.3) is 0 Å². The fraction of sp³-hybridized carbons (Fsp3) is 0.765. The fourth-order valence-corrected chi connectivity index (χ4v) is 5.73. The van der Waals surface area contributed by atoms with Gasteiger partial charge in [0.15, 0.2) is 8.68 Å². The van der Waals surface area contributed by atoms with Crippen LogP contribution in [0.4, 0.5) is 0 Å². The van der Waals surface area contributed by atoms with Crippen molar-refractivity contribution in [2.24, 2.45) is 0 Å². The molecule has 0 bridgehead atoms. The second-order valence-electron chi connectivity index (χ2n) is 6.23. The van der Waals surface area contributed by atoms with Crippen molar-refractivity contribution in [2.75, 3.05) is 24.6 Å². The van der Waals surface area contributed by atoms with Gasteiger partial charge in [0.2, 0.25) is 11.8 Å². The molecule has 9 heteroatoms. The molecular weight excluding hydrogens is 388 g/mol. The highest BCUT2D eigenvalue weighted by molar-refractivity contribution is 8.03. The first-order valence-electron chi connectivity index (χ1n) is 9.29. The number of nitrogens with one attached hydrogen (secondary N) is 1. The molecule has 1 aromatic heterocycles. The molecule has 146 valence electrons. The van der Waals surface area contributed by atoms with E-state index in [0.717, 1.165) is 34.5 Å². The van der Waals surface area contributed by atoms with Crippen molar-refractivity contribution >= 4 is 46.7 Å². The molecule has 1 aromatic rings. The third-order valence-electron chi connectivity index (χ3n) is 4.28. The van der Waals surface area contributed by atoms with Crippen LogP contribution in [0, 0.1) is 0 Å². The zero-order valence-electron chi connectivity index (χ0n) is 15.5. The van der Waals surface area contributed by atoms with E-state index in [0.29, 0.717) is 24.1 Å². The standard InChI is InChI=1S/C17H28N4O2S3/c1-3-10-18-14(22)11-24-16-19-20-17(26-16)25-12-15(23)21(4-2)13-8-6-5-7-9-13/h13H,3-12H2,1-2H3,(H,18,22). The van der Waals surface area contributed by atoms with E-state index in [-0.39, 0.29) is 11.8 Å². The number of hydrogen-bond donors (Lipinski definition) is 1. The predicted octanol–water partition coefficient (Wildman–Crippen LogP) is 3.43. The highest BCUT2D eigenvalue weighted by Gasteiger charge is 2.24. The second kappa shape index (κ2) is 11.8. The molecule has 0 unspecified atom stereocenters. The smallest absolute Gasteiger partial charge is 0.233 e. The lowest BCUT2D eigenvalue weighted by molar-refractivity contribution is -0.131. The summed E-state index contributed by atoms with van der Waals surface area (Å²) in [5, 5.41) is 11.1. The lowest BCUT2D eigenvalue weighted by Crippen LogP contribution is -2.42. The topological polar surface area (TPSA) is 75.2 Å². The van der Waals surface area contributed by atoms with E-state index in [4.69, 9.17) is 0 Å². The lowest BCUT2D eigenvalue weighted by atomic mass is 9.94. The minimum absolute atomic E-state index is 0.0162. The summed E-state index contributed by atoms with van der Waals surface area (Å²) in [5.74, 6) is 0.958. The van der Waals surface area contributed by atoms with Gasteiger partial charge in [0.05, 0.1) is 11.5 Å². The van der Waals surface area contributed by atoms with Crippen molar-refractivity contribution in [1.82, 2.24) is 20.4 Å². The van der Waals surface area contributed by atoms with E-state index in [1.54, 1.807) is 0 Å². The van der Waals surface area contributed by atoms with Crippen LogP contribution in [-0.4, -0.2) is 57.5 Å². The van der Waals surface area contributed by atoms with Crippen molar-refractivity contribution < 1.29 is 9.59 Å². The van der Waals surface area contributed by atoms with Crippen molar-refractivity contribution in [2.45, 2.75) is 67.1 Å². The van der Waals surface area contributed by atoms with Gasteiger partial charge in [0.25, 0.3) is 0 Å². The summed E-state index contributed by atoms with van der Waals surface area (Å²) < 4.78 is 1.56. The molecular formula is C17H28N4O2S3. The van der Waals surface area contributed by atoms with E-state index in [1.807, 2.05) is 11.8 Å². The van der Waals surface area contributed by atoms with Gasteiger partial charge < -0.3 is 10.2 Å². The normalized spacial score (nSPS) is 15.0. The Balaban J connectivity index is 1.75. The maximum Gasteiger partial charge on any atom is 0.233 e. The number of rotatable bonds is 10. The Kier molecular flexibility index (Phi) is 9.77. The quantitative estimate of drug-likeness (QED) is 0.589. The van der Waals surface area contributed by atoms with Crippen LogP contribution in [-0.2, 0) is 9.59 Å². The van der Waals surface area contributed by atoms with Crippen LogP contribution >= 0.6 is 34.9 Å². The summed E-state index contributed by atoms with van der Waals surface area (Å²) in [6, 6.07) is 0.406. The Morgan fingerprint density at radius 1 is 1.12 bits per heavy atom. The van der Waals surface area contributed by atoms with E-state index in [9.17, 15) is 9.59 Å². The highest BCUT2D eigenvalue weighted by atomic mass is 32.2. The van der Waals surface area contributed by atoms with Crippen LogP contribution in [0.15, 0.2) is 8.68 Å². The van der Waals surface area contributed by atoms with Crippen molar-refractivity contribution in [1.29, 1.82) is 0 Å². The Morgan fingerprint density at radius 2 is 1.77 bits per heavy atom. The number of carbonyl (C=O) groups excluding carboxylic acids is 2. The molecule has 0 saturated heterocycles. The summed E-state index contributed by atoms with van der Waals surface area (Å²) >= 11 is 4.29. The summed E-state index contributed by atoms with van der Waals surface area (Å²) in [7, 11) is 0. The van der Waals surface area contributed by atoms with Gasteiger partial charge in [-0.15, -0.1) is 10.2 Å². The first-order valence-corrected chi connectivity index (χ1v) is 12.1. The van der Waals surface area contributed by atoms with E-state index < -0.39 is 0 Å². The Labute approximate surface area is 168 Å². The molecule has 1 aliphatic carbocycles. The van der Waals surface area contributed by atoms with Gasteiger partial charge in [-0.1, -0.05) is 61.0 Å². The summed E-state index contributed by atoms with van der Waals surface area (Å²) in [5.41, 5.74) is 0. The minimum atomic E-state index is 0.0162. The van der Waals surface area contributed by atoms with Crippen LogP contribution < -0.4 is 5.32 Å². The molecule has 2 rings (SSSR count). The number of nitrogens with zero attached hydrogens (tertiary/aromatic N) is 3. The second-order valence-corrected chi connectivity index (χ2v) is 9.66. The number of carbonyl (C=O) groups is 2. The Bertz CT molecular complexity index is 576. The van der Waals surface area contributed by atoms with Gasteiger partial charge in [-0.05, 0) is 26.2 Å². The monoisotopic (exact) mass is 416 g/mol. The molecule has 26 heavy (non-hydrogen) atoms. The molecule has 1 heterocycles. The maximum absolute atomic E-state index is 12.6. The van der Waals surface area contributed by atoms with Crippen LogP contribution in [0.1, 0.15) is 52.4 Å². The van der Waals surface area contributed by atoms with E-state index in [1.165, 1.54) is 54.1 Å². The molecule has 1 saturated carbocycles. The maximum atomic E-state index is 12.6. The zero-order chi connectivity index (χ0) is 18.8. The molecule has 2 amide bonds. The van der Waals surface area contributed by atoms with Gasteiger partial charge in [0.1, 0.15) is 0 Å².